The van der Waals surface area contributed by atoms with Crippen molar-refractivity contribution in [1.82, 2.24) is 0 Å². The summed E-state index contributed by atoms with van der Waals surface area (Å²) in [6.45, 7) is 2.13. The standard InChI is InChI=1S/C16H18O/c1-2-13-9-6-10-15(11-13)16(17)12-14-7-4-3-5-8-14/h3-11,16-17H,2,12H2,1H3. The van der Waals surface area contributed by atoms with Crippen molar-refractivity contribution in [3.05, 3.63) is 71.3 Å². The van der Waals surface area contributed by atoms with Crippen LogP contribution in [0.5, 0.6) is 0 Å². The monoisotopic (exact) mass is 226 g/mol. The summed E-state index contributed by atoms with van der Waals surface area (Å²) < 4.78 is 0. The van der Waals surface area contributed by atoms with Crippen LogP contribution < -0.4 is 0 Å². The predicted molar refractivity (Wildman–Crippen MR) is 70.9 cm³/mol. The van der Waals surface area contributed by atoms with Crippen molar-refractivity contribution in [1.29, 1.82) is 0 Å². The molecule has 0 fully saturated rings. The van der Waals surface area contributed by atoms with Crippen LogP contribution in [0.1, 0.15) is 29.7 Å². The van der Waals surface area contributed by atoms with Crippen LogP contribution in [0.2, 0.25) is 0 Å². The van der Waals surface area contributed by atoms with Gasteiger partial charge in [0.2, 0.25) is 0 Å². The van der Waals surface area contributed by atoms with Crippen molar-refractivity contribution in [3.8, 4) is 0 Å². The molecule has 1 N–H and O–H groups in total. The van der Waals surface area contributed by atoms with E-state index < -0.39 is 6.10 Å². The van der Waals surface area contributed by atoms with Gasteiger partial charge >= 0.3 is 0 Å². The molecular formula is C16H18O. The number of hydrogen-bond donors (Lipinski definition) is 1. The fourth-order valence-corrected chi connectivity index (χ4v) is 1.98. The Morgan fingerprint density at radius 2 is 1.65 bits per heavy atom. The fourth-order valence-electron chi connectivity index (χ4n) is 1.98. The Balaban J connectivity index is 2.11. The third-order valence-electron chi connectivity index (χ3n) is 3.02. The Hall–Kier alpha value is -1.60. The molecule has 2 aromatic carbocycles. The average Bonchev–Trinajstić information content (AvgIpc) is 2.40. The zero-order chi connectivity index (χ0) is 12.1. The topological polar surface area (TPSA) is 20.2 Å². The molecule has 88 valence electrons. The van der Waals surface area contributed by atoms with E-state index in [9.17, 15) is 5.11 Å². The Morgan fingerprint density at radius 3 is 2.35 bits per heavy atom. The van der Waals surface area contributed by atoms with Crippen LogP contribution in [0.3, 0.4) is 0 Å². The molecule has 0 radical (unpaired) electrons. The van der Waals surface area contributed by atoms with Crippen LogP contribution in [-0.2, 0) is 12.8 Å². The minimum atomic E-state index is -0.413. The Labute approximate surface area is 103 Å². The van der Waals surface area contributed by atoms with Gasteiger partial charge in [0, 0.05) is 6.42 Å². The van der Waals surface area contributed by atoms with Crippen molar-refractivity contribution in [3.63, 3.8) is 0 Å². The zero-order valence-electron chi connectivity index (χ0n) is 10.1. The largest absolute Gasteiger partial charge is 0.388 e. The second-order valence-electron chi connectivity index (χ2n) is 4.30. The van der Waals surface area contributed by atoms with Crippen LogP contribution >= 0.6 is 0 Å². The highest BCUT2D eigenvalue weighted by Crippen LogP contribution is 2.19. The maximum absolute atomic E-state index is 10.2. The number of benzene rings is 2. The molecule has 0 spiro atoms. The number of rotatable bonds is 4. The van der Waals surface area contributed by atoms with Crippen molar-refractivity contribution < 1.29 is 5.11 Å². The zero-order valence-corrected chi connectivity index (χ0v) is 10.1. The van der Waals surface area contributed by atoms with E-state index in [1.807, 2.05) is 42.5 Å². The molecule has 1 unspecified atom stereocenters. The minimum absolute atomic E-state index is 0.413. The molecule has 0 heterocycles. The Kier molecular flexibility index (Phi) is 3.94. The van der Waals surface area contributed by atoms with E-state index in [0.29, 0.717) is 6.42 Å². The quantitative estimate of drug-likeness (QED) is 0.845. The molecule has 0 amide bonds. The number of aliphatic hydroxyl groups excluding tert-OH is 1. The summed E-state index contributed by atoms with van der Waals surface area (Å²) in [5, 5.41) is 10.2. The van der Waals surface area contributed by atoms with Gasteiger partial charge in [0.15, 0.2) is 0 Å². The lowest BCUT2D eigenvalue weighted by atomic mass is 9.99. The highest BCUT2D eigenvalue weighted by atomic mass is 16.3. The number of hydrogen-bond acceptors (Lipinski definition) is 1. The van der Waals surface area contributed by atoms with E-state index in [1.54, 1.807) is 0 Å². The van der Waals surface area contributed by atoms with Gasteiger partial charge in [-0.1, -0.05) is 61.5 Å². The van der Waals surface area contributed by atoms with Crippen LogP contribution in [0.4, 0.5) is 0 Å². The number of aryl methyl sites for hydroxylation is 1. The third kappa shape index (κ3) is 3.18. The van der Waals surface area contributed by atoms with Crippen molar-refractivity contribution in [2.45, 2.75) is 25.9 Å². The third-order valence-corrected chi connectivity index (χ3v) is 3.02. The minimum Gasteiger partial charge on any atom is -0.388 e. The van der Waals surface area contributed by atoms with Crippen molar-refractivity contribution in [2.75, 3.05) is 0 Å². The van der Waals surface area contributed by atoms with Gasteiger partial charge in [-0.25, -0.2) is 0 Å². The van der Waals surface area contributed by atoms with Gasteiger partial charge in [-0.15, -0.1) is 0 Å². The van der Waals surface area contributed by atoms with Gasteiger partial charge in [-0.2, -0.15) is 0 Å². The average molecular weight is 226 g/mol. The summed E-state index contributed by atoms with van der Waals surface area (Å²) in [4.78, 5) is 0. The second-order valence-corrected chi connectivity index (χ2v) is 4.30. The SMILES string of the molecule is CCc1cccc(C(O)Cc2ccccc2)c1. The molecule has 1 heteroatoms. The molecule has 0 aliphatic heterocycles. The Morgan fingerprint density at radius 1 is 0.941 bits per heavy atom. The van der Waals surface area contributed by atoms with Gasteiger partial charge in [0.25, 0.3) is 0 Å². The van der Waals surface area contributed by atoms with Gasteiger partial charge in [-0.05, 0) is 23.1 Å². The van der Waals surface area contributed by atoms with Gasteiger partial charge < -0.3 is 5.11 Å². The molecule has 0 bridgehead atoms. The highest BCUT2D eigenvalue weighted by molar-refractivity contribution is 5.27. The Bertz CT molecular complexity index is 462. The summed E-state index contributed by atoms with van der Waals surface area (Å²) in [6.07, 6.45) is 1.27. The lowest BCUT2D eigenvalue weighted by molar-refractivity contribution is 0.178. The summed E-state index contributed by atoms with van der Waals surface area (Å²) in [6, 6.07) is 18.3. The van der Waals surface area contributed by atoms with Crippen LogP contribution in [0.15, 0.2) is 54.6 Å². The first-order valence-electron chi connectivity index (χ1n) is 6.10. The maximum Gasteiger partial charge on any atom is 0.0830 e. The van der Waals surface area contributed by atoms with Gasteiger partial charge in [0.1, 0.15) is 0 Å². The molecule has 0 aliphatic rings. The molecule has 0 aromatic heterocycles. The summed E-state index contributed by atoms with van der Waals surface area (Å²) in [5.74, 6) is 0. The normalized spacial score (nSPS) is 12.4. The maximum atomic E-state index is 10.2. The number of aliphatic hydroxyl groups is 1. The van der Waals surface area contributed by atoms with E-state index in [1.165, 1.54) is 11.1 Å². The van der Waals surface area contributed by atoms with E-state index in [0.717, 1.165) is 12.0 Å². The molecular weight excluding hydrogens is 208 g/mol. The van der Waals surface area contributed by atoms with Crippen molar-refractivity contribution in [2.24, 2.45) is 0 Å². The van der Waals surface area contributed by atoms with Crippen LogP contribution in [0, 0.1) is 0 Å². The van der Waals surface area contributed by atoms with E-state index in [2.05, 4.69) is 19.1 Å². The second kappa shape index (κ2) is 5.65. The molecule has 2 aromatic rings. The molecule has 0 aliphatic carbocycles. The molecule has 0 saturated carbocycles. The van der Waals surface area contributed by atoms with Crippen LogP contribution in [0.25, 0.3) is 0 Å². The molecule has 0 saturated heterocycles. The highest BCUT2D eigenvalue weighted by Gasteiger charge is 2.08. The smallest absolute Gasteiger partial charge is 0.0830 e. The summed E-state index contributed by atoms with van der Waals surface area (Å²) >= 11 is 0. The summed E-state index contributed by atoms with van der Waals surface area (Å²) in [5.41, 5.74) is 3.45. The van der Waals surface area contributed by atoms with Crippen molar-refractivity contribution >= 4 is 0 Å². The van der Waals surface area contributed by atoms with E-state index >= 15 is 0 Å². The van der Waals surface area contributed by atoms with Gasteiger partial charge in [0.05, 0.1) is 6.10 Å². The molecule has 1 atom stereocenters. The lowest BCUT2D eigenvalue weighted by Crippen LogP contribution is -2.02. The first kappa shape index (κ1) is 11.9. The lowest BCUT2D eigenvalue weighted by Gasteiger charge is -2.12. The molecule has 1 nitrogen and oxygen atoms in total. The first-order valence-corrected chi connectivity index (χ1v) is 6.10. The predicted octanol–water partition coefficient (Wildman–Crippen LogP) is 3.53. The molecule has 2 rings (SSSR count). The van der Waals surface area contributed by atoms with E-state index in [-0.39, 0.29) is 0 Å². The van der Waals surface area contributed by atoms with Crippen LogP contribution in [-0.4, -0.2) is 5.11 Å². The first-order chi connectivity index (χ1) is 8.29. The molecule has 17 heavy (non-hydrogen) atoms. The fraction of sp³-hybridized carbons (Fsp3) is 0.250. The van der Waals surface area contributed by atoms with Gasteiger partial charge in [-0.3, -0.25) is 0 Å². The summed E-state index contributed by atoms with van der Waals surface area (Å²) in [7, 11) is 0. The van der Waals surface area contributed by atoms with E-state index in [4.69, 9.17) is 0 Å².